The molecule has 0 heterocycles. The Balaban J connectivity index is 3.47. The number of benzene rings is 1. The van der Waals surface area contributed by atoms with Gasteiger partial charge in [-0.1, -0.05) is 0 Å². The molecule has 1 aromatic carbocycles. The Morgan fingerprint density at radius 2 is 1.71 bits per heavy atom. The first-order valence-electron chi connectivity index (χ1n) is 5.19. The summed E-state index contributed by atoms with van der Waals surface area (Å²) in [7, 11) is 4.53. The molecule has 0 unspecified atom stereocenters. The molecule has 1 rings (SSSR count). The van der Waals surface area contributed by atoms with E-state index >= 15 is 0 Å². The fourth-order valence-electron chi connectivity index (χ4n) is 1.74. The molecule has 5 nitrogen and oxygen atoms in total. The second kappa shape index (κ2) is 5.75. The first-order chi connectivity index (χ1) is 8.10. The third-order valence-corrected chi connectivity index (χ3v) is 2.63. The van der Waals surface area contributed by atoms with Gasteiger partial charge in [-0.25, -0.2) is 0 Å². The van der Waals surface area contributed by atoms with Crippen LogP contribution in [0, 0.1) is 6.92 Å². The summed E-state index contributed by atoms with van der Waals surface area (Å²) in [5, 5.41) is 18.7. The van der Waals surface area contributed by atoms with Crippen LogP contribution in [0.1, 0.15) is 17.2 Å². The van der Waals surface area contributed by atoms with Crippen LogP contribution in [0.25, 0.3) is 0 Å². The van der Waals surface area contributed by atoms with Gasteiger partial charge in [-0.2, -0.15) is 0 Å². The number of rotatable bonds is 5. The van der Waals surface area contributed by atoms with Crippen molar-refractivity contribution in [2.75, 3.05) is 27.9 Å². The maximum atomic E-state index is 9.73. The predicted molar refractivity (Wildman–Crippen MR) is 62.9 cm³/mol. The van der Waals surface area contributed by atoms with Crippen LogP contribution in [-0.4, -0.2) is 38.1 Å². The van der Waals surface area contributed by atoms with E-state index < -0.39 is 12.7 Å². The van der Waals surface area contributed by atoms with Gasteiger partial charge in [0.2, 0.25) is 0 Å². The Labute approximate surface area is 101 Å². The van der Waals surface area contributed by atoms with Crippen LogP contribution in [0.4, 0.5) is 0 Å². The van der Waals surface area contributed by atoms with Gasteiger partial charge in [0.15, 0.2) is 11.5 Å². The molecule has 0 saturated heterocycles. The average Bonchev–Trinajstić information content (AvgIpc) is 2.36. The van der Waals surface area contributed by atoms with E-state index in [9.17, 15) is 5.11 Å². The quantitative estimate of drug-likeness (QED) is 0.807. The van der Waals surface area contributed by atoms with Gasteiger partial charge in [0, 0.05) is 11.1 Å². The molecule has 5 heteroatoms. The Hall–Kier alpha value is -1.46. The van der Waals surface area contributed by atoms with Gasteiger partial charge in [-0.05, 0) is 13.0 Å². The topological polar surface area (TPSA) is 68.2 Å². The lowest BCUT2D eigenvalue weighted by molar-refractivity contribution is 0.0927. The number of aliphatic hydroxyl groups excluding tert-OH is 2. The zero-order valence-electron chi connectivity index (χ0n) is 10.5. The van der Waals surface area contributed by atoms with E-state index in [2.05, 4.69) is 0 Å². The van der Waals surface area contributed by atoms with Crippen LogP contribution in [-0.2, 0) is 0 Å². The van der Waals surface area contributed by atoms with Crippen LogP contribution < -0.4 is 14.2 Å². The van der Waals surface area contributed by atoms with Crippen LogP contribution in [0.2, 0.25) is 0 Å². The molecule has 1 atom stereocenters. The summed E-state index contributed by atoms with van der Waals surface area (Å²) in [6.07, 6.45) is -1.03. The van der Waals surface area contributed by atoms with Crippen molar-refractivity contribution in [3.63, 3.8) is 0 Å². The van der Waals surface area contributed by atoms with Crippen molar-refractivity contribution in [1.29, 1.82) is 0 Å². The van der Waals surface area contributed by atoms with E-state index in [0.717, 1.165) is 5.56 Å². The maximum absolute atomic E-state index is 9.73. The van der Waals surface area contributed by atoms with Crippen molar-refractivity contribution >= 4 is 0 Å². The third kappa shape index (κ3) is 2.45. The summed E-state index contributed by atoms with van der Waals surface area (Å²) < 4.78 is 15.7. The fourth-order valence-corrected chi connectivity index (χ4v) is 1.74. The fraction of sp³-hybridized carbons (Fsp3) is 0.500. The smallest absolute Gasteiger partial charge is 0.167 e. The molecular weight excluding hydrogens is 224 g/mol. The molecule has 17 heavy (non-hydrogen) atoms. The van der Waals surface area contributed by atoms with Gasteiger partial charge in [-0.15, -0.1) is 0 Å². The molecule has 0 fully saturated rings. The predicted octanol–water partition coefficient (Wildman–Crippen LogP) is 1.05. The molecule has 0 spiro atoms. The summed E-state index contributed by atoms with van der Waals surface area (Å²) in [6, 6.07) is 1.64. The number of aliphatic hydroxyl groups is 2. The van der Waals surface area contributed by atoms with Crippen molar-refractivity contribution < 1.29 is 24.4 Å². The molecule has 0 radical (unpaired) electrons. The molecule has 2 N–H and O–H groups in total. The summed E-state index contributed by atoms with van der Waals surface area (Å²) in [4.78, 5) is 0. The molecule has 0 aromatic heterocycles. The summed E-state index contributed by atoms with van der Waals surface area (Å²) in [6.45, 7) is 1.43. The van der Waals surface area contributed by atoms with Gasteiger partial charge in [0.1, 0.15) is 11.9 Å². The van der Waals surface area contributed by atoms with E-state index in [4.69, 9.17) is 19.3 Å². The highest BCUT2D eigenvalue weighted by Crippen LogP contribution is 2.42. The first-order valence-corrected chi connectivity index (χ1v) is 5.19. The Morgan fingerprint density at radius 1 is 1.12 bits per heavy atom. The molecule has 0 aliphatic carbocycles. The highest BCUT2D eigenvalue weighted by atomic mass is 16.5. The van der Waals surface area contributed by atoms with Crippen molar-refractivity contribution in [2.45, 2.75) is 13.0 Å². The minimum Gasteiger partial charge on any atom is -0.496 e. The standard InChI is InChI=1S/C12H18O5/c1-7-10(15-2)5-8(9(14)6-13)12(17-4)11(7)16-3/h5,9,13-14H,6H2,1-4H3/t9-/m1/s1. The Bertz CT molecular complexity index is 389. The SMILES string of the molecule is COc1cc([C@H](O)CO)c(OC)c(OC)c1C. The number of ether oxygens (including phenoxy) is 3. The lowest BCUT2D eigenvalue weighted by atomic mass is 10.0. The zero-order chi connectivity index (χ0) is 13.0. The van der Waals surface area contributed by atoms with E-state index in [1.54, 1.807) is 6.07 Å². The molecule has 0 aliphatic rings. The van der Waals surface area contributed by atoms with E-state index in [0.29, 0.717) is 22.8 Å². The van der Waals surface area contributed by atoms with E-state index in [-0.39, 0.29) is 0 Å². The van der Waals surface area contributed by atoms with Gasteiger partial charge in [0.25, 0.3) is 0 Å². The van der Waals surface area contributed by atoms with Crippen molar-refractivity contribution in [2.24, 2.45) is 0 Å². The molecule has 0 aliphatic heterocycles. The van der Waals surface area contributed by atoms with Gasteiger partial charge >= 0.3 is 0 Å². The monoisotopic (exact) mass is 242 g/mol. The van der Waals surface area contributed by atoms with Crippen molar-refractivity contribution in [3.8, 4) is 17.2 Å². The lowest BCUT2D eigenvalue weighted by Crippen LogP contribution is -2.07. The summed E-state index contributed by atoms with van der Waals surface area (Å²) in [5.74, 6) is 1.48. The lowest BCUT2D eigenvalue weighted by Gasteiger charge is -2.19. The maximum Gasteiger partial charge on any atom is 0.167 e. The highest BCUT2D eigenvalue weighted by molar-refractivity contribution is 5.58. The molecule has 0 amide bonds. The van der Waals surface area contributed by atoms with Crippen LogP contribution >= 0.6 is 0 Å². The summed E-state index contributed by atoms with van der Waals surface area (Å²) in [5.41, 5.74) is 1.22. The van der Waals surface area contributed by atoms with Gasteiger partial charge in [0.05, 0.1) is 27.9 Å². The minimum absolute atomic E-state index is 0.397. The Morgan fingerprint density at radius 3 is 2.12 bits per heavy atom. The average molecular weight is 242 g/mol. The second-order valence-corrected chi connectivity index (χ2v) is 3.56. The molecule has 0 bridgehead atoms. The zero-order valence-corrected chi connectivity index (χ0v) is 10.5. The van der Waals surface area contributed by atoms with Crippen LogP contribution in [0.3, 0.4) is 0 Å². The van der Waals surface area contributed by atoms with Crippen molar-refractivity contribution in [3.05, 3.63) is 17.2 Å². The first kappa shape index (κ1) is 13.6. The number of hydrogen-bond acceptors (Lipinski definition) is 5. The normalized spacial score (nSPS) is 12.1. The largest absolute Gasteiger partial charge is 0.496 e. The second-order valence-electron chi connectivity index (χ2n) is 3.56. The van der Waals surface area contributed by atoms with Gasteiger partial charge in [-0.3, -0.25) is 0 Å². The highest BCUT2D eigenvalue weighted by Gasteiger charge is 2.21. The third-order valence-electron chi connectivity index (χ3n) is 2.63. The van der Waals surface area contributed by atoms with Crippen LogP contribution in [0.15, 0.2) is 6.07 Å². The number of methoxy groups -OCH3 is 3. The van der Waals surface area contributed by atoms with Crippen molar-refractivity contribution in [1.82, 2.24) is 0 Å². The molecule has 0 saturated carbocycles. The van der Waals surface area contributed by atoms with Crippen LogP contribution in [0.5, 0.6) is 17.2 Å². The molecular formula is C12H18O5. The number of hydrogen-bond donors (Lipinski definition) is 2. The minimum atomic E-state index is -1.03. The Kier molecular flexibility index (Phi) is 4.60. The molecule has 96 valence electrons. The summed E-state index contributed by atoms with van der Waals surface area (Å²) >= 11 is 0. The van der Waals surface area contributed by atoms with E-state index in [1.165, 1.54) is 21.3 Å². The van der Waals surface area contributed by atoms with E-state index in [1.807, 2.05) is 6.92 Å². The molecule has 1 aromatic rings. The van der Waals surface area contributed by atoms with Gasteiger partial charge < -0.3 is 24.4 Å².